The van der Waals surface area contributed by atoms with Crippen molar-refractivity contribution in [2.75, 3.05) is 0 Å². The first-order valence-corrected chi connectivity index (χ1v) is 28.8. The van der Waals surface area contributed by atoms with Gasteiger partial charge in [-0.05, 0) is 84.9 Å². The summed E-state index contributed by atoms with van der Waals surface area (Å²) in [5.74, 6) is 0. The molecule has 0 unspecified atom stereocenters. The summed E-state index contributed by atoms with van der Waals surface area (Å²) in [5.41, 5.74) is 1.06. The van der Waals surface area contributed by atoms with Crippen molar-refractivity contribution in [2.45, 2.75) is 19.6 Å². The molecule has 3 aromatic carbocycles. The second-order valence-corrected chi connectivity index (χ2v) is 24.6. The number of hydrogen-bond acceptors (Lipinski definition) is 13. The summed E-state index contributed by atoms with van der Waals surface area (Å²) >= 11 is 17.3. The smallest absolute Gasteiger partial charge is 0.346 e. The minimum absolute atomic E-state index is 0.0165. The first-order chi connectivity index (χ1) is 31.3. The van der Waals surface area contributed by atoms with Gasteiger partial charge in [-0.1, -0.05) is 89.4 Å². The van der Waals surface area contributed by atoms with Gasteiger partial charge in [0.25, 0.3) is 38.1 Å². The molecule has 0 radical (unpaired) electrons. The van der Waals surface area contributed by atoms with E-state index in [1.807, 2.05) is 18.3 Å². The molecule has 0 spiro atoms. The van der Waals surface area contributed by atoms with Crippen molar-refractivity contribution in [1.29, 1.82) is 0 Å². The van der Waals surface area contributed by atoms with E-state index in [9.17, 15) is 33.7 Å². The SMILES string of the molecule is Clc1ccc2cc[nH]c2n1.O=S(=O)(Cl)c1ccccc1.O=S(=O)(Cl)c1cn(S(=O)(=O)c2ccccc2)c2nc(Cl)ccc12.O=S(=O)(O)Cl.O=S(=O)(c1ccccc1)n1ccc2ccc(Cl)nc21. The molecule has 17 nitrogen and oxygen atoms in total. The molecule has 0 saturated carbocycles. The lowest BCUT2D eigenvalue weighted by Gasteiger charge is -2.06. The van der Waals surface area contributed by atoms with E-state index < -0.39 is 47.5 Å². The molecule has 352 valence electrons. The van der Waals surface area contributed by atoms with Crippen LogP contribution in [0.4, 0.5) is 0 Å². The van der Waals surface area contributed by atoms with Gasteiger partial charge in [0, 0.05) is 66.8 Å². The number of pyridine rings is 3. The second-order valence-electron chi connectivity index (χ2n) is 12.7. The molecule has 6 heterocycles. The number of benzene rings is 3. The van der Waals surface area contributed by atoms with Crippen LogP contribution < -0.4 is 0 Å². The molecule has 0 aliphatic rings. The zero-order valence-electron chi connectivity index (χ0n) is 33.1. The average molecular weight is 1130 g/mol. The molecule has 0 fully saturated rings. The van der Waals surface area contributed by atoms with E-state index in [-0.39, 0.29) is 40.9 Å². The van der Waals surface area contributed by atoms with Crippen LogP contribution in [0.2, 0.25) is 15.5 Å². The second kappa shape index (κ2) is 22.1. The molecule has 0 amide bonds. The van der Waals surface area contributed by atoms with E-state index in [1.54, 1.807) is 91.0 Å². The van der Waals surface area contributed by atoms with Gasteiger partial charge in [-0.3, -0.25) is 4.55 Å². The van der Waals surface area contributed by atoms with Crippen LogP contribution in [0.3, 0.4) is 0 Å². The Morgan fingerprint density at radius 3 is 1.37 bits per heavy atom. The molecule has 28 heteroatoms. The Bertz CT molecular complexity index is 3750. The summed E-state index contributed by atoms with van der Waals surface area (Å²) in [6.45, 7) is 0. The molecule has 0 atom stereocenters. The van der Waals surface area contributed by atoms with E-state index in [1.165, 1.54) is 42.6 Å². The fourth-order valence-corrected chi connectivity index (χ4v) is 10.4. The summed E-state index contributed by atoms with van der Waals surface area (Å²) < 4.78 is 122. The predicted octanol–water partition coefficient (Wildman–Crippen LogP) is 9.64. The highest BCUT2D eigenvalue weighted by atomic mass is 35.7. The van der Waals surface area contributed by atoms with Crippen molar-refractivity contribution in [2.24, 2.45) is 0 Å². The van der Waals surface area contributed by atoms with E-state index in [4.69, 9.17) is 69.1 Å². The topological polar surface area (TPSA) is 255 Å². The maximum atomic E-state index is 12.7. The standard InChI is InChI=1S/C13H8Cl2N2O4S2.C13H9ClN2O2S.C7H5ClN2.C6H5ClO2S.ClHO3S/c14-12-7-6-10-11(22(15,18)19)8-17(13(10)16-12)23(20,21)9-4-2-1-3-5-9;14-12-7-6-10-8-9-16(13(10)15-12)19(17,18)11-4-2-1-3-5-11;8-6-2-1-5-3-4-9-7(5)10-6;7-10(8,9)6-4-2-1-3-5-6;1-5(2,3)4/h1-8H;1-9H;1-4H,(H,9,10);1-5H;(H,2,3,4). The monoisotopic (exact) mass is 1130 g/mol. The van der Waals surface area contributed by atoms with Crippen molar-refractivity contribution in [3.05, 3.63) is 174 Å². The average Bonchev–Trinajstić information content (AvgIpc) is 4.02. The molecule has 9 rings (SSSR count). The van der Waals surface area contributed by atoms with E-state index in [2.05, 4.69) is 30.6 Å². The van der Waals surface area contributed by atoms with Crippen LogP contribution >= 0.6 is 66.8 Å². The predicted molar refractivity (Wildman–Crippen MR) is 259 cm³/mol. The highest BCUT2D eigenvalue weighted by Crippen LogP contribution is 2.31. The third-order valence-corrected chi connectivity index (χ3v) is 15.0. The number of halogens is 6. The molecule has 0 bridgehead atoms. The molecule has 0 aliphatic carbocycles. The maximum Gasteiger partial charge on any atom is 0.353 e. The van der Waals surface area contributed by atoms with Crippen LogP contribution in [0.1, 0.15) is 0 Å². The van der Waals surface area contributed by atoms with Gasteiger partial charge in [0.15, 0.2) is 11.3 Å². The molecular weight excluding hydrogens is 1100 g/mol. The van der Waals surface area contributed by atoms with Crippen molar-refractivity contribution in [3.63, 3.8) is 0 Å². The van der Waals surface area contributed by atoms with Gasteiger partial charge >= 0.3 is 9.33 Å². The zero-order chi connectivity index (χ0) is 49.4. The summed E-state index contributed by atoms with van der Waals surface area (Å²) in [7, 11) is -5.10. The van der Waals surface area contributed by atoms with Crippen LogP contribution in [-0.4, -0.2) is 74.5 Å². The minimum atomic E-state index is -4.19. The van der Waals surface area contributed by atoms with Crippen LogP contribution in [0.25, 0.3) is 33.1 Å². The summed E-state index contributed by atoms with van der Waals surface area (Å²) in [4.78, 5) is 15.0. The van der Waals surface area contributed by atoms with Crippen LogP contribution in [0, 0.1) is 0 Å². The van der Waals surface area contributed by atoms with E-state index in [0.29, 0.717) is 10.8 Å². The van der Waals surface area contributed by atoms with Gasteiger partial charge in [0.05, 0.1) is 14.7 Å². The number of fused-ring (bicyclic) bond motifs is 3. The Labute approximate surface area is 411 Å². The first kappa shape index (κ1) is 53.1. The zero-order valence-corrected chi connectivity index (χ0v) is 41.7. The Morgan fingerprint density at radius 1 is 0.463 bits per heavy atom. The molecule has 6 aromatic heterocycles. The fraction of sp³-hybridized carbons (Fsp3) is 0. The highest BCUT2D eigenvalue weighted by Gasteiger charge is 2.27. The van der Waals surface area contributed by atoms with Gasteiger partial charge < -0.3 is 4.98 Å². The third-order valence-electron chi connectivity index (χ3n) is 8.28. The summed E-state index contributed by atoms with van der Waals surface area (Å²) in [6, 6.07) is 37.1. The van der Waals surface area contributed by atoms with Crippen LogP contribution in [0.15, 0.2) is 178 Å². The molecule has 0 saturated heterocycles. The van der Waals surface area contributed by atoms with E-state index in [0.717, 1.165) is 30.6 Å². The van der Waals surface area contributed by atoms with Gasteiger partial charge in [0.1, 0.15) is 26.0 Å². The number of nitrogens with zero attached hydrogens (tertiary/aromatic N) is 5. The summed E-state index contributed by atoms with van der Waals surface area (Å²) in [6.07, 6.45) is 4.25. The van der Waals surface area contributed by atoms with Crippen molar-refractivity contribution >= 4 is 147 Å². The van der Waals surface area contributed by atoms with Crippen LogP contribution in [0.5, 0.6) is 0 Å². The molecule has 2 N–H and O–H groups in total. The Balaban J connectivity index is 0.000000170. The number of nitrogens with one attached hydrogen (secondary N) is 1. The summed E-state index contributed by atoms with van der Waals surface area (Å²) in [5, 5.41) is 2.70. The lowest BCUT2D eigenvalue weighted by molar-refractivity contribution is 0.501. The normalized spacial score (nSPS) is 11.8. The van der Waals surface area contributed by atoms with Crippen molar-refractivity contribution in [1.82, 2.24) is 27.9 Å². The maximum absolute atomic E-state index is 12.7. The molecular formula is C39H28Cl6N6O11S5. The largest absolute Gasteiger partial charge is 0.353 e. The van der Waals surface area contributed by atoms with Gasteiger partial charge in [-0.2, -0.15) is 8.42 Å². The van der Waals surface area contributed by atoms with Gasteiger partial charge in [0.2, 0.25) is 0 Å². The number of rotatable bonds is 6. The lowest BCUT2D eigenvalue weighted by atomic mass is 10.3. The third kappa shape index (κ3) is 14.6. The lowest BCUT2D eigenvalue weighted by Crippen LogP contribution is -2.12. The number of aromatic amines is 1. The number of hydrogen-bond donors (Lipinski definition) is 2. The number of aromatic nitrogens is 6. The van der Waals surface area contributed by atoms with Gasteiger partial charge in [-0.15, -0.1) is 0 Å². The Kier molecular flexibility index (Phi) is 17.5. The van der Waals surface area contributed by atoms with Gasteiger partial charge in [-0.25, -0.2) is 56.6 Å². The first-order valence-electron chi connectivity index (χ1n) is 17.9. The minimum Gasteiger partial charge on any atom is -0.346 e. The van der Waals surface area contributed by atoms with Crippen molar-refractivity contribution < 1.29 is 46.6 Å². The van der Waals surface area contributed by atoms with E-state index >= 15 is 0 Å². The fourth-order valence-electron chi connectivity index (χ4n) is 5.46. The molecule has 67 heavy (non-hydrogen) atoms. The van der Waals surface area contributed by atoms with Crippen LogP contribution in [-0.2, 0) is 47.5 Å². The number of H-pyrrole nitrogens is 1. The molecule has 0 aliphatic heterocycles. The quantitative estimate of drug-likeness (QED) is 0.0893. The Morgan fingerprint density at radius 2 is 0.896 bits per heavy atom. The highest BCUT2D eigenvalue weighted by molar-refractivity contribution is 8.14. The Hall–Kier alpha value is -4.82. The molecule has 9 aromatic rings. The van der Waals surface area contributed by atoms with Crippen molar-refractivity contribution in [3.8, 4) is 0 Å².